The molecule has 0 saturated carbocycles. The van der Waals surface area contributed by atoms with Gasteiger partial charge < -0.3 is 10.6 Å². The average molecular weight is 311 g/mol. The van der Waals surface area contributed by atoms with Crippen LogP contribution in [0.15, 0.2) is 18.2 Å². The van der Waals surface area contributed by atoms with Crippen LogP contribution in [0.3, 0.4) is 0 Å². The number of benzene rings is 1. The molecule has 0 aliphatic carbocycles. The van der Waals surface area contributed by atoms with E-state index >= 15 is 0 Å². The summed E-state index contributed by atoms with van der Waals surface area (Å²) in [5.41, 5.74) is -2.04. The fourth-order valence-electron chi connectivity index (χ4n) is 2.30. The van der Waals surface area contributed by atoms with Crippen LogP contribution in [0, 0.1) is 11.6 Å². The average Bonchev–Trinajstić information content (AvgIpc) is 2.66. The molecule has 0 bridgehead atoms. The number of carbonyl (C=O) groups excluding carboxylic acids is 3. The third kappa shape index (κ3) is 2.63. The van der Waals surface area contributed by atoms with Crippen LogP contribution in [-0.4, -0.2) is 35.8 Å². The van der Waals surface area contributed by atoms with Gasteiger partial charge in [-0.15, -0.1) is 0 Å². The van der Waals surface area contributed by atoms with Gasteiger partial charge in [-0.25, -0.2) is 13.6 Å². The third-order valence-corrected chi connectivity index (χ3v) is 3.42. The van der Waals surface area contributed by atoms with E-state index in [0.29, 0.717) is 11.4 Å². The Morgan fingerprint density at radius 2 is 2.05 bits per heavy atom. The van der Waals surface area contributed by atoms with Crippen LogP contribution in [0.4, 0.5) is 13.6 Å². The molecule has 4 amide bonds. The molecule has 1 heterocycles. The van der Waals surface area contributed by atoms with Gasteiger partial charge in [0.05, 0.1) is 0 Å². The highest BCUT2D eigenvalue weighted by Gasteiger charge is 2.50. The molecule has 22 heavy (non-hydrogen) atoms. The highest BCUT2D eigenvalue weighted by Crippen LogP contribution is 2.30. The first-order valence-electron chi connectivity index (χ1n) is 6.66. The van der Waals surface area contributed by atoms with Gasteiger partial charge in [0.2, 0.25) is 5.91 Å². The molecule has 1 aromatic carbocycles. The summed E-state index contributed by atoms with van der Waals surface area (Å²) in [5, 5.41) is 4.77. The number of imide groups is 1. The normalized spacial score (nSPS) is 21.0. The van der Waals surface area contributed by atoms with Crippen molar-refractivity contribution in [2.45, 2.75) is 19.4 Å². The molecule has 1 atom stereocenters. The zero-order valence-electron chi connectivity index (χ0n) is 12.1. The fraction of sp³-hybridized carbons (Fsp3) is 0.357. The molecule has 6 nitrogen and oxygen atoms in total. The Balaban J connectivity index is 2.33. The topological polar surface area (TPSA) is 78.5 Å². The van der Waals surface area contributed by atoms with Crippen molar-refractivity contribution >= 4 is 17.8 Å². The number of nitrogens with one attached hydrogen (secondary N) is 2. The Morgan fingerprint density at radius 3 is 2.68 bits per heavy atom. The lowest BCUT2D eigenvalue weighted by atomic mass is 9.91. The summed E-state index contributed by atoms with van der Waals surface area (Å²) in [6.07, 6.45) is 0. The quantitative estimate of drug-likeness (QED) is 0.810. The van der Waals surface area contributed by atoms with Crippen molar-refractivity contribution in [3.8, 4) is 0 Å². The molecule has 1 aliphatic rings. The zero-order valence-corrected chi connectivity index (χ0v) is 12.1. The Bertz CT molecular complexity index is 650. The minimum absolute atomic E-state index is 0.288. The number of nitrogens with zero attached hydrogens (tertiary/aromatic N) is 1. The van der Waals surface area contributed by atoms with Crippen LogP contribution in [0.5, 0.6) is 0 Å². The summed E-state index contributed by atoms with van der Waals surface area (Å²) < 4.78 is 27.2. The van der Waals surface area contributed by atoms with E-state index in [2.05, 4.69) is 10.6 Å². The van der Waals surface area contributed by atoms with Crippen LogP contribution in [-0.2, 0) is 15.1 Å². The van der Waals surface area contributed by atoms with Gasteiger partial charge in [-0.05, 0) is 32.0 Å². The first kappa shape index (κ1) is 15.9. The number of likely N-dealkylation sites (N-methyl/N-ethyl adjacent to an activating group) is 1. The maximum atomic E-state index is 13.9. The molecular formula is C14H15F2N3O3. The molecule has 1 aliphatic heterocycles. The Morgan fingerprint density at radius 1 is 1.36 bits per heavy atom. The van der Waals surface area contributed by atoms with Crippen LogP contribution in [0.1, 0.15) is 19.4 Å². The molecule has 1 saturated heterocycles. The van der Waals surface area contributed by atoms with Crippen LogP contribution in [0.25, 0.3) is 0 Å². The van der Waals surface area contributed by atoms with Crippen LogP contribution >= 0.6 is 0 Å². The number of urea groups is 1. The summed E-state index contributed by atoms with van der Waals surface area (Å²) in [6.45, 7) is 2.82. The summed E-state index contributed by atoms with van der Waals surface area (Å²) in [4.78, 5) is 36.5. The Kier molecular flexibility index (Phi) is 4.11. The van der Waals surface area contributed by atoms with E-state index in [1.807, 2.05) is 0 Å². The van der Waals surface area contributed by atoms with Gasteiger partial charge in [0.1, 0.15) is 23.7 Å². The van der Waals surface area contributed by atoms with Gasteiger partial charge in [0.15, 0.2) is 0 Å². The molecule has 1 aromatic rings. The van der Waals surface area contributed by atoms with Gasteiger partial charge >= 0.3 is 6.03 Å². The van der Waals surface area contributed by atoms with Gasteiger partial charge in [0.25, 0.3) is 5.91 Å². The number of hydrogen-bond acceptors (Lipinski definition) is 3. The molecule has 1 fully saturated rings. The fourth-order valence-corrected chi connectivity index (χ4v) is 2.30. The van der Waals surface area contributed by atoms with Crippen LogP contribution in [0.2, 0.25) is 0 Å². The van der Waals surface area contributed by atoms with Crippen molar-refractivity contribution in [1.82, 2.24) is 15.5 Å². The molecule has 2 N–H and O–H groups in total. The molecule has 1 unspecified atom stereocenters. The smallest absolute Gasteiger partial charge is 0.325 e. The largest absolute Gasteiger partial charge is 0.355 e. The first-order valence-corrected chi connectivity index (χ1v) is 6.66. The summed E-state index contributed by atoms with van der Waals surface area (Å²) >= 11 is 0. The lowest BCUT2D eigenvalue weighted by molar-refractivity contribution is -0.134. The maximum absolute atomic E-state index is 13.9. The van der Waals surface area contributed by atoms with Crippen molar-refractivity contribution in [2.24, 2.45) is 0 Å². The Labute approximate surface area is 125 Å². The van der Waals surface area contributed by atoms with Crippen molar-refractivity contribution in [1.29, 1.82) is 0 Å². The van der Waals surface area contributed by atoms with Gasteiger partial charge in [-0.2, -0.15) is 0 Å². The van der Waals surface area contributed by atoms with E-state index in [1.54, 1.807) is 6.92 Å². The highest BCUT2D eigenvalue weighted by atomic mass is 19.1. The maximum Gasteiger partial charge on any atom is 0.325 e. The van der Waals surface area contributed by atoms with Crippen molar-refractivity contribution in [3.63, 3.8) is 0 Å². The van der Waals surface area contributed by atoms with E-state index in [1.165, 1.54) is 6.92 Å². The molecule has 0 aromatic heterocycles. The first-order chi connectivity index (χ1) is 10.3. The monoisotopic (exact) mass is 311 g/mol. The highest BCUT2D eigenvalue weighted by molar-refractivity contribution is 6.09. The molecular weight excluding hydrogens is 296 g/mol. The van der Waals surface area contributed by atoms with E-state index in [-0.39, 0.29) is 5.56 Å². The summed E-state index contributed by atoms with van der Waals surface area (Å²) in [6, 6.07) is 1.81. The number of rotatable bonds is 4. The van der Waals surface area contributed by atoms with Gasteiger partial charge in [-0.3, -0.25) is 14.5 Å². The summed E-state index contributed by atoms with van der Waals surface area (Å²) in [5.74, 6) is -2.89. The van der Waals surface area contributed by atoms with Crippen molar-refractivity contribution in [2.75, 3.05) is 13.1 Å². The molecule has 118 valence electrons. The molecule has 2 rings (SSSR count). The van der Waals surface area contributed by atoms with Crippen LogP contribution < -0.4 is 10.6 Å². The molecule has 8 heteroatoms. The zero-order chi connectivity index (χ0) is 16.5. The standard InChI is InChI=1S/C14H15F2N3O3/c1-3-17-11(20)7-19-12(21)14(2,18-13(19)22)9-6-8(15)4-5-10(9)16/h4-6H,3,7H2,1-2H3,(H,17,20)(H,18,22). The second-order valence-corrected chi connectivity index (χ2v) is 5.02. The number of hydrogen-bond donors (Lipinski definition) is 2. The van der Waals surface area contributed by atoms with Gasteiger partial charge in [-0.1, -0.05) is 0 Å². The molecule has 0 spiro atoms. The molecule has 0 radical (unpaired) electrons. The Hall–Kier alpha value is -2.51. The van der Waals surface area contributed by atoms with E-state index in [9.17, 15) is 23.2 Å². The second-order valence-electron chi connectivity index (χ2n) is 5.02. The lowest BCUT2D eigenvalue weighted by Crippen LogP contribution is -2.43. The van der Waals surface area contributed by atoms with Crippen molar-refractivity contribution < 1.29 is 23.2 Å². The third-order valence-electron chi connectivity index (χ3n) is 3.42. The minimum atomic E-state index is -1.75. The summed E-state index contributed by atoms with van der Waals surface area (Å²) in [7, 11) is 0. The SMILES string of the molecule is CCNC(=O)CN1C(=O)NC(C)(c2cc(F)ccc2F)C1=O. The minimum Gasteiger partial charge on any atom is -0.355 e. The van der Waals surface area contributed by atoms with E-state index in [4.69, 9.17) is 0 Å². The van der Waals surface area contributed by atoms with Gasteiger partial charge in [0, 0.05) is 12.1 Å². The number of halogens is 2. The van der Waals surface area contributed by atoms with Crippen molar-refractivity contribution in [3.05, 3.63) is 35.4 Å². The predicted molar refractivity (Wildman–Crippen MR) is 72.6 cm³/mol. The number of carbonyl (C=O) groups is 3. The number of amides is 4. The lowest BCUT2D eigenvalue weighted by Gasteiger charge is -2.22. The van der Waals surface area contributed by atoms with E-state index < -0.39 is 41.6 Å². The van der Waals surface area contributed by atoms with E-state index in [0.717, 1.165) is 18.2 Å². The predicted octanol–water partition coefficient (Wildman–Crippen LogP) is 0.868. The second kappa shape index (κ2) is 5.70.